The van der Waals surface area contributed by atoms with E-state index >= 15 is 0 Å². The van der Waals surface area contributed by atoms with Gasteiger partial charge < -0.3 is 10.3 Å². The lowest BCUT2D eigenvalue weighted by Crippen LogP contribution is -2.42. The second kappa shape index (κ2) is 3.41. The third kappa shape index (κ3) is 1.28. The SMILES string of the molecule is C1=CC2=C3CNCCC3NN2CCC1. The zero-order valence-electron chi connectivity index (χ0n) is 8.42. The molecular formula is C11H17N3. The van der Waals surface area contributed by atoms with Crippen LogP contribution in [-0.2, 0) is 0 Å². The maximum atomic E-state index is 3.60. The molecule has 0 radical (unpaired) electrons. The second-order valence-electron chi connectivity index (χ2n) is 4.25. The lowest BCUT2D eigenvalue weighted by molar-refractivity contribution is 0.252. The van der Waals surface area contributed by atoms with Gasteiger partial charge in [-0.2, -0.15) is 0 Å². The molecule has 1 unspecified atom stereocenters. The number of hydrogen-bond donors (Lipinski definition) is 2. The summed E-state index contributed by atoms with van der Waals surface area (Å²) in [5, 5.41) is 5.79. The molecule has 0 aromatic heterocycles. The zero-order chi connectivity index (χ0) is 9.38. The Morgan fingerprint density at radius 2 is 2.43 bits per heavy atom. The second-order valence-corrected chi connectivity index (χ2v) is 4.25. The van der Waals surface area contributed by atoms with Gasteiger partial charge >= 0.3 is 0 Å². The first kappa shape index (κ1) is 8.50. The van der Waals surface area contributed by atoms with E-state index in [1.165, 1.54) is 25.0 Å². The molecule has 3 nitrogen and oxygen atoms in total. The average Bonchev–Trinajstić information content (AvgIpc) is 2.42. The van der Waals surface area contributed by atoms with Crippen LogP contribution >= 0.6 is 0 Å². The highest BCUT2D eigenvalue weighted by atomic mass is 15.5. The van der Waals surface area contributed by atoms with Gasteiger partial charge in [-0.25, -0.2) is 5.43 Å². The Morgan fingerprint density at radius 1 is 1.43 bits per heavy atom. The summed E-state index contributed by atoms with van der Waals surface area (Å²) in [7, 11) is 0. The summed E-state index contributed by atoms with van der Waals surface area (Å²) >= 11 is 0. The predicted molar refractivity (Wildman–Crippen MR) is 56.5 cm³/mol. The highest BCUT2D eigenvalue weighted by Gasteiger charge is 2.31. The first-order chi connectivity index (χ1) is 6.95. The monoisotopic (exact) mass is 191 g/mol. The first-order valence-corrected chi connectivity index (χ1v) is 5.59. The molecular weight excluding hydrogens is 174 g/mol. The summed E-state index contributed by atoms with van der Waals surface area (Å²) in [6.07, 6.45) is 8.31. The van der Waals surface area contributed by atoms with Crippen LogP contribution < -0.4 is 10.7 Å². The quantitative estimate of drug-likeness (QED) is 0.592. The van der Waals surface area contributed by atoms with Crippen molar-refractivity contribution in [3.8, 4) is 0 Å². The van der Waals surface area contributed by atoms with Gasteiger partial charge in [0.25, 0.3) is 0 Å². The van der Waals surface area contributed by atoms with Crippen molar-refractivity contribution < 1.29 is 0 Å². The first-order valence-electron chi connectivity index (χ1n) is 5.59. The molecule has 0 spiro atoms. The number of hydrazine groups is 1. The van der Waals surface area contributed by atoms with Crippen LogP contribution in [0.4, 0.5) is 0 Å². The minimum atomic E-state index is 0.606. The van der Waals surface area contributed by atoms with Crippen LogP contribution in [0.15, 0.2) is 23.4 Å². The van der Waals surface area contributed by atoms with Crippen LogP contribution in [-0.4, -0.2) is 30.7 Å². The zero-order valence-corrected chi connectivity index (χ0v) is 8.42. The Hall–Kier alpha value is -0.800. The third-order valence-corrected chi connectivity index (χ3v) is 3.31. The van der Waals surface area contributed by atoms with Gasteiger partial charge in [0.05, 0.1) is 11.7 Å². The molecule has 3 aliphatic rings. The van der Waals surface area contributed by atoms with Gasteiger partial charge in [-0.3, -0.25) is 0 Å². The summed E-state index contributed by atoms with van der Waals surface area (Å²) in [6.45, 7) is 3.36. The summed E-state index contributed by atoms with van der Waals surface area (Å²) in [4.78, 5) is 0. The third-order valence-electron chi connectivity index (χ3n) is 3.31. The van der Waals surface area contributed by atoms with Crippen LogP contribution in [0, 0.1) is 0 Å². The van der Waals surface area contributed by atoms with E-state index in [1.807, 2.05) is 0 Å². The normalized spacial score (nSPS) is 31.4. The summed E-state index contributed by atoms with van der Waals surface area (Å²) in [6, 6.07) is 0.606. The van der Waals surface area contributed by atoms with E-state index in [4.69, 9.17) is 0 Å². The summed E-state index contributed by atoms with van der Waals surface area (Å²) < 4.78 is 0. The summed E-state index contributed by atoms with van der Waals surface area (Å²) in [5.41, 5.74) is 6.60. The molecule has 1 saturated heterocycles. The van der Waals surface area contributed by atoms with E-state index < -0.39 is 0 Å². The van der Waals surface area contributed by atoms with Crippen molar-refractivity contribution >= 4 is 0 Å². The van der Waals surface area contributed by atoms with Crippen molar-refractivity contribution in [1.82, 2.24) is 15.8 Å². The molecule has 14 heavy (non-hydrogen) atoms. The fourth-order valence-electron chi connectivity index (χ4n) is 2.55. The van der Waals surface area contributed by atoms with E-state index in [1.54, 1.807) is 5.57 Å². The molecule has 0 aromatic carbocycles. The minimum absolute atomic E-state index is 0.606. The van der Waals surface area contributed by atoms with Gasteiger partial charge in [-0.05, 0) is 37.5 Å². The van der Waals surface area contributed by atoms with Crippen molar-refractivity contribution in [2.45, 2.75) is 25.3 Å². The minimum Gasteiger partial charge on any atom is -0.313 e. The molecule has 3 heteroatoms. The number of piperidine rings is 1. The van der Waals surface area contributed by atoms with Gasteiger partial charge in [-0.15, -0.1) is 0 Å². The van der Waals surface area contributed by atoms with E-state index in [-0.39, 0.29) is 0 Å². The number of rotatable bonds is 0. The summed E-state index contributed by atoms with van der Waals surface area (Å²) in [5.74, 6) is 0. The smallest absolute Gasteiger partial charge is 0.0537 e. The largest absolute Gasteiger partial charge is 0.313 e. The average molecular weight is 191 g/mol. The van der Waals surface area contributed by atoms with Crippen molar-refractivity contribution in [3.05, 3.63) is 23.4 Å². The van der Waals surface area contributed by atoms with Crippen LogP contribution in [0.25, 0.3) is 0 Å². The maximum absolute atomic E-state index is 3.60. The van der Waals surface area contributed by atoms with Gasteiger partial charge in [0.1, 0.15) is 0 Å². The fourth-order valence-corrected chi connectivity index (χ4v) is 2.55. The maximum Gasteiger partial charge on any atom is 0.0537 e. The molecule has 0 amide bonds. The highest BCUT2D eigenvalue weighted by Crippen LogP contribution is 2.27. The van der Waals surface area contributed by atoms with E-state index in [0.717, 1.165) is 19.6 Å². The Labute approximate surface area is 84.8 Å². The van der Waals surface area contributed by atoms with Crippen LogP contribution in [0.5, 0.6) is 0 Å². The number of fused-ring (bicyclic) bond motifs is 2. The predicted octanol–water partition coefficient (Wildman–Crippen LogP) is 0.773. The molecule has 0 saturated carbocycles. The topological polar surface area (TPSA) is 27.3 Å². The molecule has 2 N–H and O–H groups in total. The fraction of sp³-hybridized carbons (Fsp3) is 0.636. The van der Waals surface area contributed by atoms with Gasteiger partial charge in [0.2, 0.25) is 0 Å². The number of hydrogen-bond acceptors (Lipinski definition) is 3. The Balaban J connectivity index is 1.94. The standard InChI is InChI=1S/C11H17N3/c1-2-4-11-9-8-12-6-5-10(9)13-14(11)7-3-1/h2,4,10,12-13H,1,3,5-8H2. The van der Waals surface area contributed by atoms with Gasteiger partial charge in [0, 0.05) is 13.1 Å². The Kier molecular flexibility index (Phi) is 2.07. The van der Waals surface area contributed by atoms with Crippen LogP contribution in [0.1, 0.15) is 19.3 Å². The van der Waals surface area contributed by atoms with Crippen molar-refractivity contribution in [1.29, 1.82) is 0 Å². The van der Waals surface area contributed by atoms with E-state index in [9.17, 15) is 0 Å². The molecule has 0 aromatic rings. The van der Waals surface area contributed by atoms with Gasteiger partial charge in [0.15, 0.2) is 0 Å². The van der Waals surface area contributed by atoms with Crippen molar-refractivity contribution in [2.75, 3.05) is 19.6 Å². The van der Waals surface area contributed by atoms with Crippen LogP contribution in [0.2, 0.25) is 0 Å². The molecule has 3 rings (SSSR count). The molecule has 3 heterocycles. The number of allylic oxidation sites excluding steroid dienone is 2. The van der Waals surface area contributed by atoms with Gasteiger partial charge in [-0.1, -0.05) is 6.08 Å². The van der Waals surface area contributed by atoms with E-state index in [2.05, 4.69) is 27.9 Å². The Morgan fingerprint density at radius 3 is 3.43 bits per heavy atom. The van der Waals surface area contributed by atoms with Crippen LogP contribution in [0.3, 0.4) is 0 Å². The van der Waals surface area contributed by atoms with Crippen molar-refractivity contribution in [2.24, 2.45) is 0 Å². The number of nitrogens with one attached hydrogen (secondary N) is 2. The molecule has 1 fully saturated rings. The Bertz CT molecular complexity index is 293. The molecule has 0 aliphatic carbocycles. The van der Waals surface area contributed by atoms with E-state index in [0.29, 0.717) is 6.04 Å². The molecule has 1 atom stereocenters. The molecule has 3 aliphatic heterocycles. The molecule has 76 valence electrons. The molecule has 0 bridgehead atoms. The highest BCUT2D eigenvalue weighted by molar-refractivity contribution is 5.34. The number of nitrogens with zero attached hydrogens (tertiary/aromatic N) is 1. The lowest BCUT2D eigenvalue weighted by atomic mass is 10.0. The lowest BCUT2D eigenvalue weighted by Gasteiger charge is -2.23. The van der Waals surface area contributed by atoms with Crippen molar-refractivity contribution in [3.63, 3.8) is 0 Å².